The van der Waals surface area contributed by atoms with Gasteiger partial charge in [-0.25, -0.2) is 4.98 Å². The van der Waals surface area contributed by atoms with E-state index in [1.54, 1.807) is 6.07 Å². The van der Waals surface area contributed by atoms with Gasteiger partial charge in [-0.2, -0.15) is 0 Å². The van der Waals surface area contributed by atoms with Gasteiger partial charge in [-0.1, -0.05) is 17.7 Å². The largest absolute Gasteiger partial charge is 0.493 e. The van der Waals surface area contributed by atoms with Crippen LogP contribution >= 0.6 is 22.9 Å². The van der Waals surface area contributed by atoms with Gasteiger partial charge < -0.3 is 14.5 Å². The van der Waals surface area contributed by atoms with E-state index in [4.69, 9.17) is 16.3 Å². The van der Waals surface area contributed by atoms with Crippen molar-refractivity contribution in [3.63, 3.8) is 0 Å². The average molecular weight is 490 g/mol. The first kappa shape index (κ1) is 24.0. The molecule has 2 amide bonds. The minimum atomic E-state index is -0.432. The predicted octanol–water partition coefficient (Wildman–Crippen LogP) is 5.12. The van der Waals surface area contributed by atoms with Crippen molar-refractivity contribution in [2.45, 2.75) is 52.4 Å². The first-order chi connectivity index (χ1) is 15.8. The van der Waals surface area contributed by atoms with Crippen LogP contribution < -0.4 is 4.74 Å². The molecule has 4 rings (SSSR count). The average Bonchev–Trinajstić information content (AvgIpc) is 3.16. The van der Waals surface area contributed by atoms with Crippen molar-refractivity contribution < 1.29 is 14.3 Å². The first-order valence-corrected chi connectivity index (χ1v) is 12.9. The molecule has 0 saturated carbocycles. The fourth-order valence-electron chi connectivity index (χ4n) is 4.94. The number of carbonyl (C=O) groups excluding carboxylic acids is 2. The normalized spacial score (nSPS) is 21.2. The minimum Gasteiger partial charge on any atom is -0.493 e. The van der Waals surface area contributed by atoms with E-state index < -0.39 is 5.41 Å². The Hall–Kier alpha value is -2.12. The van der Waals surface area contributed by atoms with Crippen molar-refractivity contribution in [1.82, 2.24) is 14.8 Å². The van der Waals surface area contributed by atoms with E-state index in [9.17, 15) is 9.59 Å². The van der Waals surface area contributed by atoms with Gasteiger partial charge >= 0.3 is 0 Å². The standard InChI is InChI=1S/C25H32ClN3O3S/c1-18-23(33-19(2)27-18)24(31)29-13-7-10-25(16-29,15-22(30)28-11-4-3-5-12-28)17-32-21-9-6-8-20(26)14-21/h6,8-9,14H,3-5,7,10-13,15-17H2,1-2H3. The molecule has 178 valence electrons. The molecule has 1 atom stereocenters. The second-order valence-electron chi connectivity index (χ2n) is 9.34. The maximum absolute atomic E-state index is 13.4. The number of carbonyl (C=O) groups is 2. The number of amides is 2. The summed E-state index contributed by atoms with van der Waals surface area (Å²) in [5.74, 6) is 0.864. The Morgan fingerprint density at radius 2 is 1.88 bits per heavy atom. The number of thiazole rings is 1. The summed E-state index contributed by atoms with van der Waals surface area (Å²) in [7, 11) is 0. The van der Waals surface area contributed by atoms with E-state index >= 15 is 0 Å². The number of rotatable bonds is 6. The first-order valence-electron chi connectivity index (χ1n) is 11.7. The zero-order valence-corrected chi connectivity index (χ0v) is 21.0. The highest BCUT2D eigenvalue weighted by molar-refractivity contribution is 7.13. The smallest absolute Gasteiger partial charge is 0.265 e. The van der Waals surface area contributed by atoms with Crippen molar-refractivity contribution in [3.05, 3.63) is 44.9 Å². The van der Waals surface area contributed by atoms with Crippen molar-refractivity contribution in [3.8, 4) is 5.75 Å². The van der Waals surface area contributed by atoms with Crippen molar-refractivity contribution >= 4 is 34.8 Å². The Morgan fingerprint density at radius 3 is 2.58 bits per heavy atom. The van der Waals surface area contributed by atoms with E-state index in [1.165, 1.54) is 17.8 Å². The summed E-state index contributed by atoms with van der Waals surface area (Å²) < 4.78 is 6.18. The quantitative estimate of drug-likeness (QED) is 0.565. The topological polar surface area (TPSA) is 62.7 Å². The number of aryl methyl sites for hydroxylation is 2. The van der Waals surface area contributed by atoms with Crippen LogP contribution in [0.25, 0.3) is 0 Å². The lowest BCUT2D eigenvalue weighted by molar-refractivity contribution is -0.136. The summed E-state index contributed by atoms with van der Waals surface area (Å²) in [4.78, 5) is 35.7. The van der Waals surface area contributed by atoms with Gasteiger partial charge in [0.2, 0.25) is 5.91 Å². The number of hydrogen-bond acceptors (Lipinski definition) is 5. The molecule has 1 aromatic heterocycles. The van der Waals surface area contributed by atoms with Crippen LogP contribution in [0.4, 0.5) is 0 Å². The highest BCUT2D eigenvalue weighted by Crippen LogP contribution is 2.37. The maximum atomic E-state index is 13.4. The summed E-state index contributed by atoms with van der Waals surface area (Å²) >= 11 is 7.58. The van der Waals surface area contributed by atoms with Crippen LogP contribution in [0.1, 0.15) is 58.9 Å². The van der Waals surface area contributed by atoms with Crippen molar-refractivity contribution in [2.24, 2.45) is 5.41 Å². The van der Waals surface area contributed by atoms with Crippen LogP contribution in [0.15, 0.2) is 24.3 Å². The van der Waals surface area contributed by atoms with Crippen LogP contribution in [0.3, 0.4) is 0 Å². The number of hydrogen-bond donors (Lipinski definition) is 0. The Labute approximate surface area is 204 Å². The van der Waals surface area contributed by atoms with Crippen LogP contribution in [0.5, 0.6) is 5.75 Å². The molecule has 0 bridgehead atoms. The Morgan fingerprint density at radius 1 is 1.12 bits per heavy atom. The van der Waals surface area contributed by atoms with E-state index in [0.717, 1.165) is 49.5 Å². The summed E-state index contributed by atoms with van der Waals surface area (Å²) in [5, 5.41) is 1.51. The second kappa shape index (κ2) is 10.4. The number of ether oxygens (including phenoxy) is 1. The van der Waals surface area contributed by atoms with Gasteiger partial charge in [-0.15, -0.1) is 11.3 Å². The Balaban J connectivity index is 1.54. The molecular weight excluding hydrogens is 458 g/mol. The molecule has 0 aliphatic carbocycles. The molecule has 3 heterocycles. The number of aromatic nitrogens is 1. The molecule has 2 saturated heterocycles. The number of nitrogens with zero attached hydrogens (tertiary/aromatic N) is 3. The van der Waals surface area contributed by atoms with Crippen molar-refractivity contribution in [1.29, 1.82) is 0 Å². The molecule has 0 radical (unpaired) electrons. The molecule has 6 nitrogen and oxygen atoms in total. The van der Waals surface area contributed by atoms with Crippen LogP contribution in [-0.4, -0.2) is 59.4 Å². The fraction of sp³-hybridized carbons (Fsp3) is 0.560. The SMILES string of the molecule is Cc1nc(C)c(C(=O)N2CCCC(COc3cccc(Cl)c3)(CC(=O)N3CCCCC3)C2)s1. The van der Waals surface area contributed by atoms with E-state index in [0.29, 0.717) is 41.8 Å². The van der Waals surface area contributed by atoms with E-state index in [-0.39, 0.29) is 11.8 Å². The van der Waals surface area contributed by atoms with Gasteiger partial charge in [-0.05, 0) is 64.2 Å². The zero-order valence-electron chi connectivity index (χ0n) is 19.4. The fourth-order valence-corrected chi connectivity index (χ4v) is 6.00. The molecule has 2 aromatic rings. The van der Waals surface area contributed by atoms with Gasteiger partial charge in [0.25, 0.3) is 5.91 Å². The molecule has 0 N–H and O–H groups in total. The lowest BCUT2D eigenvalue weighted by atomic mass is 9.77. The Bertz CT molecular complexity index is 1000. The molecule has 1 aromatic carbocycles. The third-order valence-corrected chi connectivity index (χ3v) is 7.92. The van der Waals surface area contributed by atoms with Gasteiger partial charge in [0, 0.05) is 43.0 Å². The highest BCUT2D eigenvalue weighted by atomic mass is 35.5. The third kappa shape index (κ3) is 5.87. The predicted molar refractivity (Wildman–Crippen MR) is 131 cm³/mol. The molecule has 0 spiro atoms. The summed E-state index contributed by atoms with van der Waals surface area (Å²) in [5.41, 5.74) is 0.344. The van der Waals surface area contributed by atoms with Crippen molar-refractivity contribution in [2.75, 3.05) is 32.8 Å². The van der Waals surface area contributed by atoms with Crippen LogP contribution in [0, 0.1) is 19.3 Å². The van der Waals surface area contributed by atoms with Gasteiger partial charge in [0.15, 0.2) is 0 Å². The van der Waals surface area contributed by atoms with E-state index in [2.05, 4.69) is 4.98 Å². The van der Waals surface area contributed by atoms with E-state index in [1.807, 2.05) is 41.8 Å². The lowest BCUT2D eigenvalue weighted by Crippen LogP contribution is -2.51. The number of halogens is 1. The molecule has 33 heavy (non-hydrogen) atoms. The highest BCUT2D eigenvalue weighted by Gasteiger charge is 2.41. The maximum Gasteiger partial charge on any atom is 0.265 e. The molecular formula is C25H32ClN3O3S. The molecule has 2 aliphatic heterocycles. The van der Waals surface area contributed by atoms with Crippen LogP contribution in [-0.2, 0) is 4.79 Å². The van der Waals surface area contributed by atoms with Gasteiger partial charge in [-0.3, -0.25) is 9.59 Å². The summed E-state index contributed by atoms with van der Waals surface area (Å²) in [6.45, 7) is 7.02. The molecule has 2 aliphatic rings. The molecule has 2 fully saturated rings. The molecule has 1 unspecified atom stereocenters. The zero-order chi connectivity index (χ0) is 23.4. The number of piperidine rings is 2. The minimum absolute atomic E-state index is 0.00959. The lowest BCUT2D eigenvalue weighted by Gasteiger charge is -2.43. The monoisotopic (exact) mass is 489 g/mol. The summed E-state index contributed by atoms with van der Waals surface area (Å²) in [6, 6.07) is 7.33. The van der Waals surface area contributed by atoms with Gasteiger partial charge in [0.1, 0.15) is 10.6 Å². The third-order valence-electron chi connectivity index (χ3n) is 6.62. The Kier molecular flexibility index (Phi) is 7.59. The van der Waals surface area contributed by atoms with Gasteiger partial charge in [0.05, 0.1) is 17.3 Å². The summed E-state index contributed by atoms with van der Waals surface area (Å²) in [6.07, 6.45) is 5.38. The second-order valence-corrected chi connectivity index (χ2v) is 11.0. The number of likely N-dealkylation sites (tertiary alicyclic amines) is 2. The van der Waals surface area contributed by atoms with Crippen LogP contribution in [0.2, 0.25) is 5.02 Å². The number of benzene rings is 1. The molecule has 8 heteroatoms.